The Balaban J connectivity index is 1.21. The monoisotopic (exact) mass is 401 g/mol. The molecule has 2 aromatic heterocycles. The number of nitrogens with zero attached hydrogens (tertiary/aromatic N) is 5. The van der Waals surface area contributed by atoms with Crippen LogP contribution in [-0.2, 0) is 10.2 Å². The van der Waals surface area contributed by atoms with E-state index in [2.05, 4.69) is 30.6 Å². The highest BCUT2D eigenvalue weighted by atomic mass is 32.2. The molecular formula is C18H23N7O2S. The van der Waals surface area contributed by atoms with Gasteiger partial charge in [-0.2, -0.15) is 22.7 Å². The van der Waals surface area contributed by atoms with Crippen LogP contribution < -0.4 is 9.62 Å². The van der Waals surface area contributed by atoms with E-state index < -0.39 is 15.6 Å². The number of nitriles is 1. The normalized spacial score (nSPS) is 32.4. The smallest absolute Gasteiger partial charge is 0.279 e. The zero-order chi connectivity index (χ0) is 19.5. The van der Waals surface area contributed by atoms with Gasteiger partial charge in [-0.3, -0.25) is 0 Å². The van der Waals surface area contributed by atoms with Gasteiger partial charge in [-0.25, -0.2) is 9.97 Å². The van der Waals surface area contributed by atoms with Crippen LogP contribution in [-0.4, -0.2) is 59.9 Å². The Hall–Kier alpha value is -2.22. The minimum Gasteiger partial charge on any atom is -0.356 e. The molecule has 0 aromatic carbocycles. The molecular weight excluding hydrogens is 378 g/mol. The number of nitrogens with one attached hydrogen (secondary N) is 2. The third kappa shape index (κ3) is 2.77. The molecule has 2 aliphatic heterocycles. The number of hydrogen-bond acceptors (Lipinski definition) is 6. The fourth-order valence-electron chi connectivity index (χ4n) is 4.90. The quantitative estimate of drug-likeness (QED) is 0.772. The number of aromatic amines is 1. The molecule has 2 aromatic rings. The van der Waals surface area contributed by atoms with Crippen LogP contribution in [0.4, 0.5) is 5.82 Å². The fourth-order valence-corrected chi connectivity index (χ4v) is 6.49. The first-order valence-electron chi connectivity index (χ1n) is 9.59. The van der Waals surface area contributed by atoms with Gasteiger partial charge in [-0.05, 0) is 37.7 Å². The van der Waals surface area contributed by atoms with Crippen molar-refractivity contribution in [1.82, 2.24) is 24.0 Å². The lowest BCUT2D eigenvalue weighted by Crippen LogP contribution is -2.62. The van der Waals surface area contributed by atoms with Gasteiger partial charge in [0.1, 0.15) is 17.8 Å². The molecule has 2 N–H and O–H groups in total. The van der Waals surface area contributed by atoms with Crippen molar-refractivity contribution in [1.29, 1.82) is 5.26 Å². The van der Waals surface area contributed by atoms with Crippen molar-refractivity contribution < 1.29 is 8.42 Å². The van der Waals surface area contributed by atoms with Crippen molar-refractivity contribution in [3.05, 3.63) is 18.6 Å². The zero-order valence-electron chi connectivity index (χ0n) is 15.7. The largest absolute Gasteiger partial charge is 0.356 e. The molecule has 148 valence electrons. The number of H-pyrrole nitrogens is 1. The van der Waals surface area contributed by atoms with Gasteiger partial charge in [0.2, 0.25) is 0 Å². The summed E-state index contributed by atoms with van der Waals surface area (Å²) in [4.78, 5) is 13.8. The van der Waals surface area contributed by atoms with E-state index in [1.54, 1.807) is 0 Å². The molecule has 10 heteroatoms. The zero-order valence-corrected chi connectivity index (χ0v) is 16.5. The summed E-state index contributed by atoms with van der Waals surface area (Å²) in [7, 11) is -1.57. The molecule has 0 radical (unpaired) electrons. The van der Waals surface area contributed by atoms with E-state index in [0.717, 1.165) is 42.5 Å². The maximum Gasteiger partial charge on any atom is 0.279 e. The average Bonchev–Trinajstić information content (AvgIpc) is 3.12. The Morgan fingerprint density at radius 3 is 2.93 bits per heavy atom. The van der Waals surface area contributed by atoms with E-state index in [1.165, 1.54) is 10.6 Å². The second-order valence-electron chi connectivity index (χ2n) is 8.45. The van der Waals surface area contributed by atoms with Crippen LogP contribution >= 0.6 is 0 Å². The Kier molecular flexibility index (Phi) is 3.91. The third-order valence-corrected chi connectivity index (χ3v) is 8.11. The summed E-state index contributed by atoms with van der Waals surface area (Å²) in [6.45, 7) is 0.846. The van der Waals surface area contributed by atoms with E-state index in [1.807, 2.05) is 19.3 Å². The highest BCUT2D eigenvalue weighted by Crippen LogP contribution is 2.50. The molecule has 4 heterocycles. The highest BCUT2D eigenvalue weighted by molar-refractivity contribution is 7.87. The van der Waals surface area contributed by atoms with Crippen LogP contribution in [0.15, 0.2) is 18.6 Å². The topological polar surface area (TPSA) is 118 Å². The first-order chi connectivity index (χ1) is 13.4. The van der Waals surface area contributed by atoms with E-state index in [-0.39, 0.29) is 12.1 Å². The molecule has 0 atom stereocenters. The molecule has 6 rings (SSSR count). The lowest BCUT2D eigenvalue weighted by Gasteiger charge is -2.52. The van der Waals surface area contributed by atoms with Crippen LogP contribution in [0.3, 0.4) is 0 Å². The number of hydrogen-bond donors (Lipinski definition) is 2. The van der Waals surface area contributed by atoms with Crippen LogP contribution in [0.2, 0.25) is 0 Å². The van der Waals surface area contributed by atoms with Gasteiger partial charge in [0.15, 0.2) is 0 Å². The Morgan fingerprint density at radius 2 is 2.18 bits per heavy atom. The third-order valence-electron chi connectivity index (χ3n) is 6.52. The number of piperidine rings is 2. The molecule has 2 saturated heterocycles. The lowest BCUT2D eigenvalue weighted by atomic mass is 9.60. The highest BCUT2D eigenvalue weighted by Gasteiger charge is 2.53. The van der Waals surface area contributed by atoms with Gasteiger partial charge in [-0.1, -0.05) is 0 Å². The van der Waals surface area contributed by atoms with Gasteiger partial charge >= 0.3 is 0 Å². The molecule has 0 amide bonds. The van der Waals surface area contributed by atoms with Crippen LogP contribution in [0.1, 0.15) is 25.7 Å². The van der Waals surface area contributed by atoms with Crippen molar-refractivity contribution in [2.45, 2.75) is 37.8 Å². The molecule has 0 unspecified atom stereocenters. The number of anilines is 1. The van der Waals surface area contributed by atoms with E-state index in [9.17, 15) is 13.7 Å². The predicted molar refractivity (Wildman–Crippen MR) is 104 cm³/mol. The van der Waals surface area contributed by atoms with E-state index in [4.69, 9.17) is 0 Å². The van der Waals surface area contributed by atoms with Gasteiger partial charge < -0.3 is 9.88 Å². The van der Waals surface area contributed by atoms with Gasteiger partial charge in [0, 0.05) is 38.4 Å². The molecule has 28 heavy (non-hydrogen) atoms. The van der Waals surface area contributed by atoms with Crippen molar-refractivity contribution in [2.24, 2.45) is 11.3 Å². The molecule has 2 aliphatic carbocycles. The maximum absolute atomic E-state index is 12.8. The van der Waals surface area contributed by atoms with Crippen molar-refractivity contribution in [3.8, 4) is 6.07 Å². The summed E-state index contributed by atoms with van der Waals surface area (Å²) < 4.78 is 29.8. The maximum atomic E-state index is 12.8. The molecule has 2 saturated carbocycles. The summed E-state index contributed by atoms with van der Waals surface area (Å²) in [6.07, 6.45) is 6.50. The molecule has 2 bridgehead atoms. The Labute approximate surface area is 163 Å². The van der Waals surface area contributed by atoms with Gasteiger partial charge in [0.25, 0.3) is 10.2 Å². The summed E-state index contributed by atoms with van der Waals surface area (Å²) >= 11 is 0. The van der Waals surface area contributed by atoms with Crippen LogP contribution in [0.25, 0.3) is 11.0 Å². The van der Waals surface area contributed by atoms with Crippen LogP contribution in [0, 0.1) is 22.7 Å². The van der Waals surface area contributed by atoms with E-state index >= 15 is 0 Å². The van der Waals surface area contributed by atoms with Crippen molar-refractivity contribution in [3.63, 3.8) is 0 Å². The second kappa shape index (κ2) is 6.14. The number of fused-ring (bicyclic) bond motifs is 3. The van der Waals surface area contributed by atoms with Gasteiger partial charge in [-0.15, -0.1) is 0 Å². The molecule has 4 fully saturated rings. The van der Waals surface area contributed by atoms with Crippen LogP contribution in [0.5, 0.6) is 0 Å². The first kappa shape index (κ1) is 17.8. The van der Waals surface area contributed by atoms with Crippen molar-refractivity contribution in [2.75, 3.05) is 25.0 Å². The predicted octanol–water partition coefficient (Wildman–Crippen LogP) is 0.995. The average molecular weight is 401 g/mol. The lowest BCUT2D eigenvalue weighted by molar-refractivity contribution is 0.0186. The number of aromatic nitrogens is 3. The molecule has 0 spiro atoms. The summed E-state index contributed by atoms with van der Waals surface area (Å²) in [5.41, 5.74) is 0.332. The molecule has 4 aliphatic rings. The number of rotatable bonds is 5. The minimum atomic E-state index is -3.55. The van der Waals surface area contributed by atoms with Crippen molar-refractivity contribution >= 4 is 27.1 Å². The SMILES string of the molecule is CN(c1ncnc2[nH]ccc12)C1CC(NS(=O)(=O)N2CC3CC(C#N)(C3)C2)C1. The van der Waals surface area contributed by atoms with Gasteiger partial charge in [0.05, 0.1) is 16.9 Å². The second-order valence-corrected chi connectivity index (χ2v) is 10.2. The summed E-state index contributed by atoms with van der Waals surface area (Å²) in [5, 5.41) is 10.3. The standard InChI is InChI=1S/C18H23N7O2S/c1-24(17-15-2-3-20-16(15)21-11-22-17)14-4-13(5-14)23-28(26,27)25-8-12-6-18(7-12,9-19)10-25/h2-3,11-14,23H,4-8,10H2,1H3,(H,20,21,22). The summed E-state index contributed by atoms with van der Waals surface area (Å²) in [6, 6.07) is 4.42. The molecule has 9 nitrogen and oxygen atoms in total. The van der Waals surface area contributed by atoms with E-state index in [0.29, 0.717) is 19.0 Å². The summed E-state index contributed by atoms with van der Waals surface area (Å²) in [5.74, 6) is 1.18. The Morgan fingerprint density at radius 1 is 1.39 bits per heavy atom. The fraction of sp³-hybridized carbons (Fsp3) is 0.611. The Bertz CT molecular complexity index is 1050. The first-order valence-corrected chi connectivity index (χ1v) is 11.0. The minimum absolute atomic E-state index is 0.0858.